The maximum Gasteiger partial charge on any atom is 0.0665 e. The maximum absolute atomic E-state index is 5.72. The molecule has 1 unspecified atom stereocenters. The molecule has 0 radical (unpaired) electrons. The molecular weight excluding hydrogens is 218 g/mol. The second-order valence-corrected chi connectivity index (χ2v) is 5.14. The molecule has 3 heteroatoms. The molecule has 0 aliphatic heterocycles. The highest BCUT2D eigenvalue weighted by Crippen LogP contribution is 2.22. The number of ether oxygens (including phenoxy) is 1. The van der Waals surface area contributed by atoms with Crippen molar-refractivity contribution in [2.75, 3.05) is 13.2 Å². The first kappa shape index (κ1) is 13.7. The van der Waals surface area contributed by atoms with E-state index >= 15 is 0 Å². The van der Waals surface area contributed by atoms with Gasteiger partial charge >= 0.3 is 0 Å². The van der Waals surface area contributed by atoms with Gasteiger partial charge in [0.15, 0.2) is 0 Å². The number of aryl methyl sites for hydroxylation is 1. The van der Waals surface area contributed by atoms with E-state index in [9.17, 15) is 0 Å². The molecule has 16 heavy (non-hydrogen) atoms. The van der Waals surface area contributed by atoms with E-state index in [0.717, 1.165) is 19.6 Å². The summed E-state index contributed by atoms with van der Waals surface area (Å²) in [5.74, 6) is 0. The van der Waals surface area contributed by atoms with Crippen LogP contribution in [0.2, 0.25) is 0 Å². The fraction of sp³-hybridized carbons (Fsp3) is 0.692. The van der Waals surface area contributed by atoms with E-state index in [0.29, 0.717) is 12.1 Å². The van der Waals surface area contributed by atoms with Crippen LogP contribution in [-0.2, 0) is 4.74 Å². The number of rotatable bonds is 7. The summed E-state index contributed by atoms with van der Waals surface area (Å²) in [6.07, 6.45) is 1.45. The Bertz CT molecular complexity index is 296. The highest BCUT2D eigenvalue weighted by Gasteiger charge is 2.14. The monoisotopic (exact) mass is 241 g/mol. The minimum absolute atomic E-state index is 0.296. The molecule has 0 amide bonds. The predicted molar refractivity (Wildman–Crippen MR) is 71.2 cm³/mol. The normalized spacial score (nSPS) is 13.3. The molecule has 1 aromatic rings. The Morgan fingerprint density at radius 3 is 2.62 bits per heavy atom. The topological polar surface area (TPSA) is 21.3 Å². The summed E-state index contributed by atoms with van der Waals surface area (Å²) in [6, 6.07) is 0.341. The zero-order valence-electron chi connectivity index (χ0n) is 10.7. The van der Waals surface area contributed by atoms with Crippen molar-refractivity contribution in [3.63, 3.8) is 0 Å². The van der Waals surface area contributed by atoms with Gasteiger partial charge < -0.3 is 10.1 Å². The van der Waals surface area contributed by atoms with Crippen molar-refractivity contribution >= 4 is 11.3 Å². The second-order valence-electron chi connectivity index (χ2n) is 4.40. The van der Waals surface area contributed by atoms with Gasteiger partial charge in [0.25, 0.3) is 0 Å². The van der Waals surface area contributed by atoms with Crippen LogP contribution in [-0.4, -0.2) is 19.3 Å². The average molecular weight is 241 g/mol. The Kier molecular flexibility index (Phi) is 6.03. The molecule has 0 spiro atoms. The van der Waals surface area contributed by atoms with Gasteiger partial charge in [0.2, 0.25) is 0 Å². The Morgan fingerprint density at radius 1 is 1.38 bits per heavy atom. The summed E-state index contributed by atoms with van der Waals surface area (Å²) in [5, 5.41) is 7.98. The molecule has 1 N–H and O–H groups in total. The smallest absolute Gasteiger partial charge is 0.0665 e. The largest absolute Gasteiger partial charge is 0.377 e. The van der Waals surface area contributed by atoms with Crippen LogP contribution in [0.25, 0.3) is 0 Å². The Balaban J connectivity index is 2.60. The van der Waals surface area contributed by atoms with Gasteiger partial charge in [0, 0.05) is 0 Å². The van der Waals surface area contributed by atoms with Gasteiger partial charge in [0.05, 0.1) is 18.8 Å². The van der Waals surface area contributed by atoms with Crippen molar-refractivity contribution in [3.05, 3.63) is 21.9 Å². The lowest BCUT2D eigenvalue weighted by atomic mass is 10.1. The lowest BCUT2D eigenvalue weighted by molar-refractivity contribution is 0.0611. The highest BCUT2D eigenvalue weighted by molar-refractivity contribution is 7.08. The van der Waals surface area contributed by atoms with E-state index in [-0.39, 0.29) is 0 Å². The van der Waals surface area contributed by atoms with Crippen molar-refractivity contribution in [1.29, 1.82) is 0 Å². The van der Waals surface area contributed by atoms with Gasteiger partial charge in [-0.2, -0.15) is 11.3 Å². The number of nitrogens with one attached hydrogen (secondary N) is 1. The van der Waals surface area contributed by atoms with Crippen LogP contribution in [0.15, 0.2) is 10.8 Å². The molecule has 1 atom stereocenters. The molecule has 0 aliphatic rings. The molecule has 1 rings (SSSR count). The molecule has 0 saturated carbocycles. The van der Waals surface area contributed by atoms with Gasteiger partial charge in [-0.05, 0) is 55.6 Å². The van der Waals surface area contributed by atoms with Gasteiger partial charge in [-0.15, -0.1) is 0 Å². The van der Waals surface area contributed by atoms with E-state index in [2.05, 4.69) is 43.8 Å². The molecule has 0 aromatic carbocycles. The van der Waals surface area contributed by atoms with Gasteiger partial charge in [0.1, 0.15) is 0 Å². The molecule has 0 bridgehead atoms. The van der Waals surface area contributed by atoms with Crippen molar-refractivity contribution in [2.45, 2.75) is 46.3 Å². The van der Waals surface area contributed by atoms with Crippen LogP contribution < -0.4 is 5.32 Å². The average Bonchev–Trinajstić information content (AvgIpc) is 2.65. The van der Waals surface area contributed by atoms with E-state index in [1.807, 2.05) is 0 Å². The van der Waals surface area contributed by atoms with Crippen molar-refractivity contribution in [3.8, 4) is 0 Å². The first-order valence-corrected chi connectivity index (χ1v) is 6.97. The molecule has 0 saturated heterocycles. The minimum atomic E-state index is 0.296. The first-order valence-electron chi connectivity index (χ1n) is 6.02. The predicted octanol–water partition coefficient (Wildman–Crippen LogP) is 3.52. The van der Waals surface area contributed by atoms with Crippen molar-refractivity contribution in [2.24, 2.45) is 0 Å². The number of hydrogen-bond acceptors (Lipinski definition) is 3. The van der Waals surface area contributed by atoms with E-state index in [1.54, 1.807) is 11.3 Å². The summed E-state index contributed by atoms with van der Waals surface area (Å²) in [6.45, 7) is 10.3. The fourth-order valence-electron chi connectivity index (χ4n) is 1.59. The second kappa shape index (κ2) is 7.05. The maximum atomic E-state index is 5.72. The lowest BCUT2D eigenvalue weighted by Gasteiger charge is -2.20. The third-order valence-electron chi connectivity index (χ3n) is 2.51. The molecule has 92 valence electrons. The van der Waals surface area contributed by atoms with Crippen LogP contribution in [0, 0.1) is 6.92 Å². The zero-order chi connectivity index (χ0) is 12.0. The summed E-state index contributed by atoms with van der Waals surface area (Å²) >= 11 is 1.77. The number of hydrogen-bond donors (Lipinski definition) is 1. The Morgan fingerprint density at radius 2 is 2.12 bits per heavy atom. The molecular formula is C13H23NOS. The zero-order valence-corrected chi connectivity index (χ0v) is 11.6. The van der Waals surface area contributed by atoms with Crippen LogP contribution in [0.3, 0.4) is 0 Å². The summed E-state index contributed by atoms with van der Waals surface area (Å²) in [7, 11) is 0. The summed E-state index contributed by atoms with van der Waals surface area (Å²) in [5.41, 5.74) is 2.75. The van der Waals surface area contributed by atoms with Crippen LogP contribution in [0.1, 0.15) is 44.4 Å². The van der Waals surface area contributed by atoms with E-state index < -0.39 is 0 Å². The standard InChI is InChI=1S/C13H23NOS/c1-5-6-14-13(7-15-10(2)3)12-9-16-8-11(12)4/h8-10,13-14H,5-7H2,1-4H3. The quantitative estimate of drug-likeness (QED) is 0.788. The summed E-state index contributed by atoms with van der Waals surface area (Å²) in [4.78, 5) is 0. The van der Waals surface area contributed by atoms with Crippen molar-refractivity contribution in [1.82, 2.24) is 5.32 Å². The lowest BCUT2D eigenvalue weighted by Crippen LogP contribution is -2.27. The third kappa shape index (κ3) is 4.24. The molecule has 0 fully saturated rings. The fourth-order valence-corrected chi connectivity index (χ4v) is 2.50. The Labute approximate surface area is 103 Å². The Hall–Kier alpha value is -0.380. The third-order valence-corrected chi connectivity index (χ3v) is 3.39. The molecule has 1 heterocycles. The number of thiophene rings is 1. The van der Waals surface area contributed by atoms with Gasteiger partial charge in [-0.1, -0.05) is 6.92 Å². The SMILES string of the molecule is CCCNC(COC(C)C)c1cscc1C. The summed E-state index contributed by atoms with van der Waals surface area (Å²) < 4.78 is 5.72. The van der Waals surface area contributed by atoms with Crippen LogP contribution >= 0.6 is 11.3 Å². The molecule has 0 aliphatic carbocycles. The van der Waals surface area contributed by atoms with Crippen LogP contribution in [0.5, 0.6) is 0 Å². The minimum Gasteiger partial charge on any atom is -0.377 e. The van der Waals surface area contributed by atoms with Gasteiger partial charge in [-0.3, -0.25) is 0 Å². The van der Waals surface area contributed by atoms with Gasteiger partial charge in [-0.25, -0.2) is 0 Å². The van der Waals surface area contributed by atoms with Crippen molar-refractivity contribution < 1.29 is 4.74 Å². The highest BCUT2D eigenvalue weighted by atomic mass is 32.1. The molecule has 2 nitrogen and oxygen atoms in total. The molecule has 1 aromatic heterocycles. The van der Waals surface area contributed by atoms with E-state index in [4.69, 9.17) is 4.74 Å². The van der Waals surface area contributed by atoms with E-state index in [1.165, 1.54) is 11.1 Å². The van der Waals surface area contributed by atoms with Crippen LogP contribution in [0.4, 0.5) is 0 Å². The first-order chi connectivity index (χ1) is 7.65.